The molecule has 1 fully saturated rings. The van der Waals surface area contributed by atoms with Crippen molar-refractivity contribution in [1.82, 2.24) is 9.88 Å². The summed E-state index contributed by atoms with van der Waals surface area (Å²) in [6.07, 6.45) is 2.03. The number of nitrogens with one attached hydrogen (secondary N) is 1. The molecule has 5 nitrogen and oxygen atoms in total. The molecule has 1 saturated heterocycles. The fourth-order valence-electron chi connectivity index (χ4n) is 3.21. The Bertz CT molecular complexity index is 924. The highest BCUT2D eigenvalue weighted by Crippen LogP contribution is 2.25. The van der Waals surface area contributed by atoms with Crippen LogP contribution in [0.3, 0.4) is 0 Å². The number of carbonyl (C=O) groups excluding carboxylic acids is 2. The standard InChI is InChI=1S/C21H19N3O2S/c25-19-12-17(14-24(19)13-15-4-2-1-3-5-15)20(26)23-18-8-6-16(7-9-18)21-22-10-11-27-21/h1-11,17H,12-14H2,(H,23,26)/t17-/m1/s1. The summed E-state index contributed by atoms with van der Waals surface area (Å²) < 4.78 is 0. The largest absolute Gasteiger partial charge is 0.338 e. The third kappa shape index (κ3) is 4.06. The summed E-state index contributed by atoms with van der Waals surface area (Å²) in [5.41, 5.74) is 2.83. The number of anilines is 1. The number of hydrogen-bond donors (Lipinski definition) is 1. The van der Waals surface area contributed by atoms with E-state index in [1.807, 2.05) is 60.0 Å². The number of benzene rings is 2. The molecule has 1 aliphatic heterocycles. The Morgan fingerprint density at radius 3 is 2.63 bits per heavy atom. The Morgan fingerprint density at radius 1 is 1.15 bits per heavy atom. The number of thiazole rings is 1. The third-order valence-electron chi connectivity index (χ3n) is 4.63. The lowest BCUT2D eigenvalue weighted by Gasteiger charge is -2.16. The van der Waals surface area contributed by atoms with Gasteiger partial charge < -0.3 is 10.2 Å². The van der Waals surface area contributed by atoms with Gasteiger partial charge in [-0.15, -0.1) is 11.3 Å². The number of aromatic nitrogens is 1. The molecule has 1 aliphatic rings. The highest BCUT2D eigenvalue weighted by atomic mass is 32.1. The van der Waals surface area contributed by atoms with Crippen molar-refractivity contribution < 1.29 is 9.59 Å². The van der Waals surface area contributed by atoms with Gasteiger partial charge in [0.25, 0.3) is 0 Å². The van der Waals surface area contributed by atoms with Gasteiger partial charge in [0.2, 0.25) is 11.8 Å². The van der Waals surface area contributed by atoms with E-state index < -0.39 is 0 Å². The van der Waals surface area contributed by atoms with Crippen LogP contribution in [0.1, 0.15) is 12.0 Å². The molecule has 136 valence electrons. The van der Waals surface area contributed by atoms with Gasteiger partial charge in [0.15, 0.2) is 0 Å². The van der Waals surface area contributed by atoms with Crippen LogP contribution < -0.4 is 5.32 Å². The van der Waals surface area contributed by atoms with Crippen LogP contribution in [0.15, 0.2) is 66.2 Å². The van der Waals surface area contributed by atoms with E-state index >= 15 is 0 Å². The molecule has 0 radical (unpaired) electrons. The first kappa shape index (κ1) is 17.4. The summed E-state index contributed by atoms with van der Waals surface area (Å²) in [5.74, 6) is -0.404. The van der Waals surface area contributed by atoms with Crippen LogP contribution in [0.5, 0.6) is 0 Å². The van der Waals surface area contributed by atoms with E-state index in [-0.39, 0.29) is 24.2 Å². The normalized spacial score (nSPS) is 16.5. The van der Waals surface area contributed by atoms with Crippen LogP contribution in [0.25, 0.3) is 10.6 Å². The fraction of sp³-hybridized carbons (Fsp3) is 0.190. The van der Waals surface area contributed by atoms with Crippen molar-refractivity contribution >= 4 is 28.8 Å². The Hall–Kier alpha value is -2.99. The number of nitrogens with zero attached hydrogens (tertiary/aromatic N) is 2. The van der Waals surface area contributed by atoms with E-state index in [0.29, 0.717) is 13.1 Å². The average Bonchev–Trinajstić information content (AvgIpc) is 3.34. The van der Waals surface area contributed by atoms with Crippen molar-refractivity contribution in [3.63, 3.8) is 0 Å². The Balaban J connectivity index is 1.36. The average molecular weight is 377 g/mol. The van der Waals surface area contributed by atoms with Gasteiger partial charge >= 0.3 is 0 Å². The summed E-state index contributed by atoms with van der Waals surface area (Å²) in [4.78, 5) is 30.9. The summed E-state index contributed by atoms with van der Waals surface area (Å²) in [6.45, 7) is 1.00. The number of carbonyl (C=O) groups is 2. The van der Waals surface area contributed by atoms with Gasteiger partial charge in [-0.25, -0.2) is 4.98 Å². The monoisotopic (exact) mass is 377 g/mol. The first-order valence-electron chi connectivity index (χ1n) is 8.81. The molecule has 6 heteroatoms. The van der Waals surface area contributed by atoms with E-state index in [9.17, 15) is 9.59 Å². The lowest BCUT2D eigenvalue weighted by molar-refractivity contribution is -0.128. The minimum absolute atomic E-state index is 0.0260. The summed E-state index contributed by atoms with van der Waals surface area (Å²) in [6, 6.07) is 17.5. The van der Waals surface area contributed by atoms with Gasteiger partial charge in [-0.1, -0.05) is 30.3 Å². The quantitative estimate of drug-likeness (QED) is 0.736. The van der Waals surface area contributed by atoms with Gasteiger partial charge in [-0.3, -0.25) is 9.59 Å². The van der Waals surface area contributed by atoms with E-state index in [1.54, 1.807) is 22.4 Å². The molecular weight excluding hydrogens is 358 g/mol. The summed E-state index contributed by atoms with van der Waals surface area (Å²) >= 11 is 1.58. The maximum Gasteiger partial charge on any atom is 0.229 e. The molecule has 1 aromatic heterocycles. The van der Waals surface area contributed by atoms with E-state index in [2.05, 4.69) is 10.3 Å². The van der Waals surface area contributed by atoms with Crippen molar-refractivity contribution in [3.05, 3.63) is 71.7 Å². The Labute approximate surface area is 161 Å². The molecule has 1 N–H and O–H groups in total. The molecule has 1 atom stereocenters. The van der Waals surface area contributed by atoms with Crippen LogP contribution in [-0.4, -0.2) is 28.2 Å². The van der Waals surface area contributed by atoms with Crippen LogP contribution >= 0.6 is 11.3 Å². The van der Waals surface area contributed by atoms with Crippen LogP contribution in [0.4, 0.5) is 5.69 Å². The van der Waals surface area contributed by atoms with Crippen molar-refractivity contribution in [2.75, 3.05) is 11.9 Å². The summed E-state index contributed by atoms with van der Waals surface area (Å²) in [7, 11) is 0. The van der Waals surface area contributed by atoms with Gasteiger partial charge in [-0.2, -0.15) is 0 Å². The van der Waals surface area contributed by atoms with Gasteiger partial charge in [-0.05, 0) is 29.8 Å². The molecule has 0 spiro atoms. The second-order valence-corrected chi connectivity index (χ2v) is 7.46. The zero-order valence-corrected chi connectivity index (χ0v) is 15.5. The first-order chi connectivity index (χ1) is 13.2. The highest BCUT2D eigenvalue weighted by Gasteiger charge is 2.34. The number of hydrogen-bond acceptors (Lipinski definition) is 4. The minimum Gasteiger partial charge on any atom is -0.338 e. The highest BCUT2D eigenvalue weighted by molar-refractivity contribution is 7.13. The van der Waals surface area contributed by atoms with Crippen LogP contribution in [0.2, 0.25) is 0 Å². The minimum atomic E-state index is -0.320. The maximum absolute atomic E-state index is 12.6. The van der Waals surface area contributed by atoms with E-state index in [0.717, 1.165) is 21.8 Å². The van der Waals surface area contributed by atoms with Gasteiger partial charge in [0.05, 0.1) is 5.92 Å². The second-order valence-electron chi connectivity index (χ2n) is 6.56. The fourth-order valence-corrected chi connectivity index (χ4v) is 3.86. The van der Waals surface area contributed by atoms with Gasteiger partial charge in [0.1, 0.15) is 5.01 Å². The lowest BCUT2D eigenvalue weighted by Crippen LogP contribution is -2.28. The lowest BCUT2D eigenvalue weighted by atomic mass is 10.1. The van der Waals surface area contributed by atoms with E-state index in [4.69, 9.17) is 0 Å². The molecule has 4 rings (SSSR count). The molecule has 2 aromatic carbocycles. The smallest absolute Gasteiger partial charge is 0.229 e. The number of amides is 2. The van der Waals surface area contributed by atoms with Gasteiger partial charge in [0, 0.05) is 42.3 Å². The number of rotatable bonds is 5. The predicted molar refractivity (Wildman–Crippen MR) is 106 cm³/mol. The molecule has 3 aromatic rings. The van der Waals surface area contributed by atoms with Crippen molar-refractivity contribution in [2.24, 2.45) is 5.92 Å². The Kier molecular flexibility index (Phi) is 4.98. The van der Waals surface area contributed by atoms with Crippen molar-refractivity contribution in [3.8, 4) is 10.6 Å². The maximum atomic E-state index is 12.6. The molecular formula is C21H19N3O2S. The molecule has 0 aliphatic carbocycles. The summed E-state index contributed by atoms with van der Waals surface area (Å²) in [5, 5.41) is 5.81. The predicted octanol–water partition coefficient (Wildman–Crippen LogP) is 3.80. The molecule has 0 saturated carbocycles. The topological polar surface area (TPSA) is 62.3 Å². The first-order valence-corrected chi connectivity index (χ1v) is 9.69. The second kappa shape index (κ2) is 7.72. The van der Waals surface area contributed by atoms with Crippen molar-refractivity contribution in [2.45, 2.75) is 13.0 Å². The molecule has 27 heavy (non-hydrogen) atoms. The third-order valence-corrected chi connectivity index (χ3v) is 5.46. The van der Waals surface area contributed by atoms with E-state index in [1.165, 1.54) is 0 Å². The molecule has 0 unspecified atom stereocenters. The zero-order valence-electron chi connectivity index (χ0n) is 14.7. The molecule has 2 amide bonds. The van der Waals surface area contributed by atoms with Crippen molar-refractivity contribution in [1.29, 1.82) is 0 Å². The van der Waals surface area contributed by atoms with Crippen LogP contribution in [0, 0.1) is 5.92 Å². The van der Waals surface area contributed by atoms with Crippen LogP contribution in [-0.2, 0) is 16.1 Å². The Morgan fingerprint density at radius 2 is 1.93 bits per heavy atom. The number of likely N-dealkylation sites (tertiary alicyclic amines) is 1. The SMILES string of the molecule is O=C(Nc1ccc(-c2nccs2)cc1)[C@@H]1CC(=O)N(Cc2ccccc2)C1. The zero-order chi connectivity index (χ0) is 18.6. The molecule has 0 bridgehead atoms. The molecule has 2 heterocycles.